The lowest BCUT2D eigenvalue weighted by Gasteiger charge is -2.11. The van der Waals surface area contributed by atoms with Gasteiger partial charge < -0.3 is 0 Å². The fraction of sp³-hybridized carbons (Fsp3) is 0.308. The molecular formula is C13H12ClN3OS. The van der Waals surface area contributed by atoms with Crippen molar-refractivity contribution >= 4 is 40.0 Å². The average Bonchev–Trinajstić information content (AvgIpc) is 2.92. The molecule has 0 radical (unpaired) electrons. The monoisotopic (exact) mass is 293 g/mol. The molecule has 1 aromatic carbocycles. The van der Waals surface area contributed by atoms with Crippen molar-refractivity contribution in [3.63, 3.8) is 0 Å². The molecule has 2 heterocycles. The third-order valence-corrected chi connectivity index (χ3v) is 4.61. The van der Waals surface area contributed by atoms with Crippen molar-refractivity contribution in [1.82, 2.24) is 15.3 Å². The number of Topliss-reactive ketones (excluding diaryl/α,β-unsaturated/α-hetero) is 1. The van der Waals surface area contributed by atoms with Gasteiger partial charge >= 0.3 is 0 Å². The molecule has 1 fully saturated rings. The Hall–Kier alpha value is -1.17. The molecule has 19 heavy (non-hydrogen) atoms. The van der Waals surface area contributed by atoms with Gasteiger partial charge in [-0.1, -0.05) is 11.6 Å². The van der Waals surface area contributed by atoms with Crippen LogP contribution >= 0.6 is 23.4 Å². The molecule has 1 aromatic heterocycles. The number of hydrogen-bond acceptors (Lipinski definition) is 5. The molecule has 1 unspecified atom stereocenters. The number of hydrogen-bond donors (Lipinski definition) is 1. The van der Waals surface area contributed by atoms with Gasteiger partial charge in [0.15, 0.2) is 5.78 Å². The van der Waals surface area contributed by atoms with Crippen molar-refractivity contribution < 1.29 is 4.79 Å². The molecule has 1 atom stereocenters. The van der Waals surface area contributed by atoms with E-state index < -0.39 is 0 Å². The molecule has 98 valence electrons. The maximum Gasteiger partial charge on any atom is 0.190 e. The summed E-state index contributed by atoms with van der Waals surface area (Å²) in [6.45, 7) is 2.79. The van der Waals surface area contributed by atoms with E-state index in [0.29, 0.717) is 16.2 Å². The number of nitrogens with one attached hydrogen (secondary N) is 1. The van der Waals surface area contributed by atoms with E-state index in [1.165, 1.54) is 6.33 Å². The predicted molar refractivity (Wildman–Crippen MR) is 77.9 cm³/mol. The van der Waals surface area contributed by atoms with Crippen LogP contribution < -0.4 is 5.32 Å². The Labute approximate surface area is 120 Å². The number of nitrogens with zero attached hydrogens (tertiary/aromatic N) is 2. The molecule has 6 heteroatoms. The SMILES string of the molecule is Cc1cc2c(Cl)ncnc2cc1C(=O)C1NCCS1. The Morgan fingerprint density at radius 1 is 1.47 bits per heavy atom. The number of fused-ring (bicyclic) bond motifs is 1. The fourth-order valence-corrected chi connectivity index (χ4v) is 3.36. The summed E-state index contributed by atoms with van der Waals surface area (Å²) in [5.41, 5.74) is 2.31. The van der Waals surface area contributed by atoms with Crippen molar-refractivity contribution in [2.75, 3.05) is 12.3 Å². The van der Waals surface area contributed by atoms with Crippen LogP contribution in [0.3, 0.4) is 0 Å². The number of benzene rings is 1. The Bertz CT molecular complexity index is 656. The van der Waals surface area contributed by atoms with E-state index in [-0.39, 0.29) is 11.2 Å². The first kappa shape index (κ1) is 12.8. The zero-order chi connectivity index (χ0) is 13.4. The van der Waals surface area contributed by atoms with Crippen LogP contribution in [-0.4, -0.2) is 33.4 Å². The second-order valence-electron chi connectivity index (χ2n) is 4.42. The van der Waals surface area contributed by atoms with Crippen molar-refractivity contribution in [3.05, 3.63) is 34.7 Å². The van der Waals surface area contributed by atoms with Crippen molar-refractivity contribution in [2.45, 2.75) is 12.3 Å². The number of aryl methyl sites for hydroxylation is 1. The minimum atomic E-state index is -0.145. The molecule has 4 nitrogen and oxygen atoms in total. The van der Waals surface area contributed by atoms with Crippen LogP contribution in [0.25, 0.3) is 10.9 Å². The molecule has 1 N–H and O–H groups in total. The topological polar surface area (TPSA) is 54.9 Å². The maximum atomic E-state index is 12.4. The Balaban J connectivity index is 2.08. The van der Waals surface area contributed by atoms with Crippen molar-refractivity contribution in [1.29, 1.82) is 0 Å². The molecule has 3 rings (SSSR count). The minimum Gasteiger partial charge on any atom is -0.298 e. The van der Waals surface area contributed by atoms with Gasteiger partial charge in [-0.2, -0.15) is 0 Å². The quantitative estimate of drug-likeness (QED) is 0.681. The van der Waals surface area contributed by atoms with E-state index in [1.54, 1.807) is 17.8 Å². The number of carbonyl (C=O) groups excluding carboxylic acids is 1. The summed E-state index contributed by atoms with van der Waals surface area (Å²) in [5.74, 6) is 1.08. The lowest BCUT2D eigenvalue weighted by atomic mass is 10.0. The lowest BCUT2D eigenvalue weighted by Crippen LogP contribution is -2.29. The number of halogens is 1. The van der Waals surface area contributed by atoms with Crippen LogP contribution in [0.1, 0.15) is 15.9 Å². The van der Waals surface area contributed by atoms with E-state index >= 15 is 0 Å². The first-order chi connectivity index (χ1) is 9.16. The Kier molecular flexibility index (Phi) is 3.43. The Morgan fingerprint density at radius 2 is 2.32 bits per heavy atom. The first-order valence-electron chi connectivity index (χ1n) is 5.97. The highest BCUT2D eigenvalue weighted by atomic mass is 35.5. The fourth-order valence-electron chi connectivity index (χ4n) is 2.18. The van der Waals surface area contributed by atoms with Gasteiger partial charge in [0.25, 0.3) is 0 Å². The average molecular weight is 294 g/mol. The summed E-state index contributed by atoms with van der Waals surface area (Å²) in [4.78, 5) is 20.6. The molecule has 1 saturated heterocycles. The van der Waals surface area contributed by atoms with Gasteiger partial charge in [0.1, 0.15) is 16.9 Å². The minimum absolute atomic E-state index is 0.108. The van der Waals surface area contributed by atoms with Crippen LogP contribution in [-0.2, 0) is 0 Å². The summed E-state index contributed by atoms with van der Waals surface area (Å²) in [6.07, 6.45) is 1.41. The molecule has 1 aliphatic rings. The molecule has 1 aliphatic heterocycles. The zero-order valence-electron chi connectivity index (χ0n) is 10.3. The van der Waals surface area contributed by atoms with Crippen LogP contribution in [0.5, 0.6) is 0 Å². The normalized spacial score (nSPS) is 18.9. The number of carbonyl (C=O) groups is 1. The van der Waals surface area contributed by atoms with E-state index in [1.807, 2.05) is 13.0 Å². The third-order valence-electron chi connectivity index (χ3n) is 3.15. The summed E-state index contributed by atoms with van der Waals surface area (Å²) in [7, 11) is 0. The Morgan fingerprint density at radius 3 is 3.05 bits per heavy atom. The molecule has 0 saturated carbocycles. The van der Waals surface area contributed by atoms with Crippen molar-refractivity contribution in [3.8, 4) is 0 Å². The van der Waals surface area contributed by atoms with Gasteiger partial charge in [0, 0.05) is 23.2 Å². The first-order valence-corrected chi connectivity index (χ1v) is 7.39. The van der Waals surface area contributed by atoms with E-state index in [4.69, 9.17) is 11.6 Å². The smallest absolute Gasteiger partial charge is 0.190 e. The van der Waals surface area contributed by atoms with Gasteiger partial charge in [-0.25, -0.2) is 9.97 Å². The van der Waals surface area contributed by atoms with Gasteiger partial charge in [0.05, 0.1) is 5.52 Å². The number of thioether (sulfide) groups is 1. The van der Waals surface area contributed by atoms with Crippen molar-refractivity contribution in [2.24, 2.45) is 0 Å². The standard InChI is InChI=1S/C13H12ClN3OS/c1-7-4-9-10(16-6-17-12(9)14)5-8(7)11(18)13-15-2-3-19-13/h4-6,13,15H,2-3H2,1H3. The van der Waals surface area contributed by atoms with Gasteiger partial charge in [-0.05, 0) is 24.6 Å². The number of aromatic nitrogens is 2. The maximum absolute atomic E-state index is 12.4. The number of rotatable bonds is 2. The summed E-state index contributed by atoms with van der Waals surface area (Å²) in [5, 5.41) is 4.25. The molecule has 0 bridgehead atoms. The molecule has 0 amide bonds. The highest BCUT2D eigenvalue weighted by Gasteiger charge is 2.25. The predicted octanol–water partition coefficient (Wildman–Crippen LogP) is 2.44. The zero-order valence-corrected chi connectivity index (χ0v) is 11.9. The van der Waals surface area contributed by atoms with Crippen LogP contribution in [0, 0.1) is 6.92 Å². The molecular weight excluding hydrogens is 282 g/mol. The van der Waals surface area contributed by atoms with Gasteiger partial charge in [-0.15, -0.1) is 11.8 Å². The molecule has 2 aromatic rings. The second kappa shape index (κ2) is 5.07. The van der Waals surface area contributed by atoms with Gasteiger partial charge in [0.2, 0.25) is 0 Å². The lowest BCUT2D eigenvalue weighted by molar-refractivity contribution is 0.0981. The van der Waals surface area contributed by atoms with E-state index in [0.717, 1.165) is 23.2 Å². The highest BCUT2D eigenvalue weighted by molar-refractivity contribution is 8.00. The summed E-state index contributed by atoms with van der Waals surface area (Å²) >= 11 is 7.68. The summed E-state index contributed by atoms with van der Waals surface area (Å²) in [6, 6.07) is 3.69. The van der Waals surface area contributed by atoms with Crippen LogP contribution in [0.2, 0.25) is 5.15 Å². The van der Waals surface area contributed by atoms with E-state index in [2.05, 4.69) is 15.3 Å². The second-order valence-corrected chi connectivity index (χ2v) is 5.99. The van der Waals surface area contributed by atoms with Crippen LogP contribution in [0.4, 0.5) is 0 Å². The largest absolute Gasteiger partial charge is 0.298 e. The van der Waals surface area contributed by atoms with Crippen LogP contribution in [0.15, 0.2) is 18.5 Å². The molecule has 0 aliphatic carbocycles. The summed E-state index contributed by atoms with van der Waals surface area (Å²) < 4.78 is 0. The third kappa shape index (κ3) is 2.33. The highest BCUT2D eigenvalue weighted by Crippen LogP contribution is 2.26. The van der Waals surface area contributed by atoms with E-state index in [9.17, 15) is 4.79 Å². The molecule has 0 spiro atoms. The van der Waals surface area contributed by atoms with Gasteiger partial charge in [-0.3, -0.25) is 10.1 Å². The number of ketones is 1.